The van der Waals surface area contributed by atoms with E-state index in [2.05, 4.69) is 0 Å². The summed E-state index contributed by atoms with van der Waals surface area (Å²) < 4.78 is 5.44. The van der Waals surface area contributed by atoms with Gasteiger partial charge in [0.1, 0.15) is 17.9 Å². The quantitative estimate of drug-likeness (QED) is 0.869. The van der Waals surface area contributed by atoms with E-state index < -0.39 is 0 Å². The third-order valence-electron chi connectivity index (χ3n) is 2.33. The number of hydrogen-bond acceptors (Lipinski definition) is 4. The number of rotatable bonds is 2. The standard InChI is InChI=1S/C14H8N2O2/c15-8-10-5-6-12(7-11(10)9-16)18-14-4-2-1-3-13(14)17/h1-7,17H. The molecular weight excluding hydrogens is 228 g/mol. The van der Waals surface area contributed by atoms with Gasteiger partial charge in [-0.05, 0) is 30.3 Å². The molecule has 0 fully saturated rings. The number of phenols is 1. The van der Waals surface area contributed by atoms with E-state index in [-0.39, 0.29) is 11.3 Å². The summed E-state index contributed by atoms with van der Waals surface area (Å²) in [5.41, 5.74) is 0.535. The topological polar surface area (TPSA) is 77.0 Å². The van der Waals surface area contributed by atoms with Crippen molar-refractivity contribution in [1.82, 2.24) is 0 Å². The molecule has 1 N–H and O–H groups in total. The third-order valence-corrected chi connectivity index (χ3v) is 2.33. The molecule has 0 unspecified atom stereocenters. The van der Waals surface area contributed by atoms with Gasteiger partial charge in [0.05, 0.1) is 11.1 Å². The van der Waals surface area contributed by atoms with Crippen molar-refractivity contribution >= 4 is 0 Å². The van der Waals surface area contributed by atoms with Crippen LogP contribution in [0.1, 0.15) is 11.1 Å². The molecule has 4 nitrogen and oxygen atoms in total. The van der Waals surface area contributed by atoms with Crippen LogP contribution in [0.4, 0.5) is 0 Å². The highest BCUT2D eigenvalue weighted by molar-refractivity contribution is 5.50. The highest BCUT2D eigenvalue weighted by Crippen LogP contribution is 2.30. The maximum Gasteiger partial charge on any atom is 0.169 e. The van der Waals surface area contributed by atoms with Crippen LogP contribution >= 0.6 is 0 Å². The van der Waals surface area contributed by atoms with Crippen LogP contribution in [0.15, 0.2) is 42.5 Å². The Labute approximate surface area is 104 Å². The van der Waals surface area contributed by atoms with Crippen LogP contribution in [0.25, 0.3) is 0 Å². The van der Waals surface area contributed by atoms with E-state index >= 15 is 0 Å². The number of para-hydroxylation sites is 2. The molecule has 0 heterocycles. The predicted octanol–water partition coefficient (Wildman–Crippen LogP) is 2.93. The normalized spacial score (nSPS) is 9.22. The largest absolute Gasteiger partial charge is 0.504 e. The van der Waals surface area contributed by atoms with Gasteiger partial charge in [-0.3, -0.25) is 0 Å². The average molecular weight is 236 g/mol. The molecule has 0 bridgehead atoms. The highest BCUT2D eigenvalue weighted by Gasteiger charge is 2.06. The summed E-state index contributed by atoms with van der Waals surface area (Å²) in [5, 5.41) is 27.2. The first-order valence-electron chi connectivity index (χ1n) is 5.14. The van der Waals surface area contributed by atoms with E-state index in [1.807, 2.05) is 12.1 Å². The third kappa shape index (κ3) is 2.23. The van der Waals surface area contributed by atoms with Crippen LogP contribution in [-0.2, 0) is 0 Å². The number of ether oxygens (including phenoxy) is 1. The Morgan fingerprint density at radius 3 is 2.33 bits per heavy atom. The van der Waals surface area contributed by atoms with E-state index in [1.165, 1.54) is 18.2 Å². The first-order valence-corrected chi connectivity index (χ1v) is 5.14. The van der Waals surface area contributed by atoms with Crippen LogP contribution in [0.5, 0.6) is 17.2 Å². The first-order chi connectivity index (χ1) is 8.74. The van der Waals surface area contributed by atoms with E-state index in [4.69, 9.17) is 15.3 Å². The van der Waals surface area contributed by atoms with Crippen LogP contribution in [0, 0.1) is 22.7 Å². The Morgan fingerprint density at radius 2 is 1.67 bits per heavy atom. The lowest BCUT2D eigenvalue weighted by Crippen LogP contribution is -1.88. The van der Waals surface area contributed by atoms with E-state index in [0.29, 0.717) is 17.1 Å². The summed E-state index contributed by atoms with van der Waals surface area (Å²) in [6.45, 7) is 0. The van der Waals surface area contributed by atoms with Crippen molar-refractivity contribution in [3.8, 4) is 29.4 Å². The minimum absolute atomic E-state index is 0.0142. The number of hydrogen-bond donors (Lipinski definition) is 1. The molecule has 0 aromatic heterocycles. The molecule has 2 aromatic carbocycles. The number of nitrogens with zero attached hydrogens (tertiary/aromatic N) is 2. The van der Waals surface area contributed by atoms with Crippen molar-refractivity contribution in [2.75, 3.05) is 0 Å². The summed E-state index contributed by atoms with van der Waals surface area (Å²) in [6, 6.07) is 14.9. The molecule has 0 atom stereocenters. The minimum atomic E-state index is 0.0142. The number of phenolic OH excluding ortho intramolecular Hbond substituents is 1. The zero-order chi connectivity index (χ0) is 13.0. The molecule has 0 aliphatic rings. The lowest BCUT2D eigenvalue weighted by atomic mass is 10.1. The maximum atomic E-state index is 9.56. The van der Waals surface area contributed by atoms with Crippen LogP contribution in [-0.4, -0.2) is 5.11 Å². The maximum absolute atomic E-state index is 9.56. The Kier molecular flexibility index (Phi) is 3.13. The molecule has 0 aliphatic carbocycles. The molecule has 2 rings (SSSR count). The Morgan fingerprint density at radius 1 is 0.944 bits per heavy atom. The average Bonchev–Trinajstić information content (AvgIpc) is 2.41. The lowest BCUT2D eigenvalue weighted by Gasteiger charge is -2.07. The zero-order valence-corrected chi connectivity index (χ0v) is 9.29. The van der Waals surface area contributed by atoms with Gasteiger partial charge in [0.25, 0.3) is 0 Å². The fourth-order valence-electron chi connectivity index (χ4n) is 1.45. The second-order valence-corrected chi connectivity index (χ2v) is 3.50. The van der Waals surface area contributed by atoms with E-state index in [9.17, 15) is 5.11 Å². The van der Waals surface area contributed by atoms with Crippen LogP contribution < -0.4 is 4.74 Å². The highest BCUT2D eigenvalue weighted by atomic mass is 16.5. The fourth-order valence-corrected chi connectivity index (χ4v) is 1.45. The summed E-state index contributed by atoms with van der Waals surface area (Å²) >= 11 is 0. The number of aromatic hydroxyl groups is 1. The zero-order valence-electron chi connectivity index (χ0n) is 9.29. The molecule has 0 radical (unpaired) electrons. The van der Waals surface area contributed by atoms with E-state index in [1.54, 1.807) is 24.3 Å². The first kappa shape index (κ1) is 11.5. The summed E-state index contributed by atoms with van der Waals surface area (Å²) in [4.78, 5) is 0. The van der Waals surface area contributed by atoms with Crippen LogP contribution in [0.2, 0.25) is 0 Å². The van der Waals surface area contributed by atoms with Crippen molar-refractivity contribution in [1.29, 1.82) is 10.5 Å². The smallest absolute Gasteiger partial charge is 0.169 e. The molecule has 0 aliphatic heterocycles. The van der Waals surface area contributed by atoms with Gasteiger partial charge in [-0.1, -0.05) is 12.1 Å². The number of nitriles is 2. The summed E-state index contributed by atoms with van der Waals surface area (Å²) in [6.07, 6.45) is 0. The minimum Gasteiger partial charge on any atom is -0.504 e. The molecule has 0 saturated carbocycles. The molecular formula is C14H8N2O2. The second kappa shape index (κ2) is 4.90. The van der Waals surface area contributed by atoms with Crippen molar-refractivity contribution in [2.24, 2.45) is 0 Å². The van der Waals surface area contributed by atoms with Gasteiger partial charge in [0.2, 0.25) is 0 Å². The van der Waals surface area contributed by atoms with Crippen molar-refractivity contribution < 1.29 is 9.84 Å². The predicted molar refractivity (Wildman–Crippen MR) is 64.1 cm³/mol. The summed E-state index contributed by atoms with van der Waals surface area (Å²) in [7, 11) is 0. The Hall–Kier alpha value is -2.98. The van der Waals surface area contributed by atoms with Gasteiger partial charge < -0.3 is 9.84 Å². The molecule has 18 heavy (non-hydrogen) atoms. The van der Waals surface area contributed by atoms with Gasteiger partial charge in [-0.15, -0.1) is 0 Å². The number of benzene rings is 2. The molecule has 0 spiro atoms. The molecule has 0 amide bonds. The van der Waals surface area contributed by atoms with Crippen LogP contribution in [0.3, 0.4) is 0 Å². The molecule has 0 saturated heterocycles. The van der Waals surface area contributed by atoms with Gasteiger partial charge >= 0.3 is 0 Å². The Balaban J connectivity index is 2.35. The molecule has 2 aromatic rings. The van der Waals surface area contributed by atoms with Crippen molar-refractivity contribution in [3.63, 3.8) is 0 Å². The van der Waals surface area contributed by atoms with E-state index in [0.717, 1.165) is 0 Å². The van der Waals surface area contributed by atoms with Crippen molar-refractivity contribution in [3.05, 3.63) is 53.6 Å². The monoisotopic (exact) mass is 236 g/mol. The Bertz CT molecular complexity index is 666. The summed E-state index contributed by atoms with van der Waals surface area (Å²) in [5.74, 6) is 0.707. The lowest BCUT2D eigenvalue weighted by molar-refractivity contribution is 0.411. The van der Waals surface area contributed by atoms with Crippen molar-refractivity contribution in [2.45, 2.75) is 0 Å². The van der Waals surface area contributed by atoms with Gasteiger partial charge in [0.15, 0.2) is 11.5 Å². The van der Waals surface area contributed by atoms with Gasteiger partial charge in [0, 0.05) is 0 Å². The SMILES string of the molecule is N#Cc1ccc(Oc2ccccc2O)cc1C#N. The van der Waals surface area contributed by atoms with Gasteiger partial charge in [-0.2, -0.15) is 10.5 Å². The fraction of sp³-hybridized carbons (Fsp3) is 0. The van der Waals surface area contributed by atoms with Gasteiger partial charge in [-0.25, -0.2) is 0 Å². The second-order valence-electron chi connectivity index (χ2n) is 3.50. The molecule has 86 valence electrons. The molecule has 4 heteroatoms.